The van der Waals surface area contributed by atoms with Crippen LogP contribution in [0.4, 0.5) is 0 Å². The second kappa shape index (κ2) is 16.4. The fourth-order valence-corrected chi connectivity index (χ4v) is 13.5. The molecule has 0 radical (unpaired) electrons. The molecule has 284 valence electrons. The Kier molecular flexibility index (Phi) is 11.8. The van der Waals surface area contributed by atoms with Crippen molar-refractivity contribution in [2.45, 2.75) is 118 Å². The van der Waals surface area contributed by atoms with E-state index in [4.69, 9.17) is 13.3 Å². The molecule has 3 fully saturated rings. The SMILES string of the molecule is CCC1[C@H]2CCc3cnnc(-c4ccc(C)cc4)c3CC[C@@H]12.CO[Si](CCC1CC2CC1C1C=NN=C(c3ccc(C)cc3)C21)(OC(C)C)OC(C)C. The van der Waals surface area contributed by atoms with Crippen molar-refractivity contribution in [1.82, 2.24) is 10.2 Å². The van der Waals surface area contributed by atoms with Crippen LogP contribution in [0.2, 0.25) is 6.04 Å². The molecule has 2 aromatic carbocycles. The number of aryl methyl sites for hydroxylation is 3. The molecule has 7 nitrogen and oxygen atoms in total. The maximum absolute atomic E-state index is 6.28. The number of benzene rings is 2. The Balaban J connectivity index is 0.000000173. The number of hydrogen-bond donors (Lipinski definition) is 0. The van der Waals surface area contributed by atoms with E-state index in [1.807, 2.05) is 6.20 Å². The first-order chi connectivity index (χ1) is 25.6. The lowest BCUT2D eigenvalue weighted by molar-refractivity contribution is 0.0306. The summed E-state index contributed by atoms with van der Waals surface area (Å²) in [6, 6.07) is 18.4. The van der Waals surface area contributed by atoms with Gasteiger partial charge in [-0.25, -0.2) is 0 Å². The molecule has 0 spiro atoms. The smallest absolute Gasteiger partial charge is 0.377 e. The molecule has 3 aromatic rings. The van der Waals surface area contributed by atoms with Crippen molar-refractivity contribution in [3.8, 4) is 11.3 Å². The van der Waals surface area contributed by atoms with Crippen molar-refractivity contribution >= 4 is 20.7 Å². The topological polar surface area (TPSA) is 78.2 Å². The van der Waals surface area contributed by atoms with Gasteiger partial charge in [0.2, 0.25) is 0 Å². The summed E-state index contributed by atoms with van der Waals surface area (Å²) in [5.74, 6) is 6.02. The lowest BCUT2D eigenvalue weighted by Gasteiger charge is -2.37. The zero-order chi connectivity index (χ0) is 37.3. The lowest BCUT2D eigenvalue weighted by Crippen LogP contribution is -2.49. The van der Waals surface area contributed by atoms with Gasteiger partial charge < -0.3 is 13.3 Å². The molecule has 1 aromatic heterocycles. The van der Waals surface area contributed by atoms with E-state index in [2.05, 4.69) is 124 Å². The molecule has 2 bridgehead atoms. The molecule has 53 heavy (non-hydrogen) atoms. The molecule has 6 unspecified atom stereocenters. The minimum Gasteiger partial charge on any atom is -0.377 e. The Hall–Kier alpha value is -3.04. The van der Waals surface area contributed by atoms with Gasteiger partial charge in [0, 0.05) is 49.0 Å². The summed E-state index contributed by atoms with van der Waals surface area (Å²) in [5.41, 5.74) is 10.2. The predicted octanol–water partition coefficient (Wildman–Crippen LogP) is 10.1. The van der Waals surface area contributed by atoms with Gasteiger partial charge in [0.15, 0.2) is 0 Å². The first-order valence-electron chi connectivity index (χ1n) is 20.6. The Morgan fingerprint density at radius 3 is 2.08 bits per heavy atom. The van der Waals surface area contributed by atoms with Crippen molar-refractivity contribution in [3.05, 3.63) is 82.5 Å². The van der Waals surface area contributed by atoms with Crippen LogP contribution in [-0.4, -0.2) is 50.2 Å². The summed E-state index contributed by atoms with van der Waals surface area (Å²) in [5, 5.41) is 17.9. The van der Waals surface area contributed by atoms with Gasteiger partial charge in [0.25, 0.3) is 0 Å². The van der Waals surface area contributed by atoms with Crippen molar-refractivity contribution in [2.75, 3.05) is 7.11 Å². The van der Waals surface area contributed by atoms with Crippen LogP contribution in [0.15, 0.2) is 64.9 Å². The van der Waals surface area contributed by atoms with E-state index in [1.165, 1.54) is 84.0 Å². The molecule has 0 saturated heterocycles. The number of nitrogens with zero attached hydrogens (tertiary/aromatic N) is 4. The normalized spacial score (nSPS) is 28.4. The Bertz CT molecular complexity index is 1750. The summed E-state index contributed by atoms with van der Waals surface area (Å²) >= 11 is 0. The third-order valence-corrected chi connectivity index (χ3v) is 16.2. The maximum atomic E-state index is 6.28. The van der Waals surface area contributed by atoms with E-state index in [1.54, 1.807) is 7.11 Å². The van der Waals surface area contributed by atoms with E-state index >= 15 is 0 Å². The highest BCUT2D eigenvalue weighted by Crippen LogP contribution is 2.58. The standard InChI is InChI=1S/C25H38N2O3Si.C20H24N2/c1-16(2)29-31(28-6,30-17(3)4)12-11-20-13-21-14-22(20)23-15-26-27-25(24(21)23)19-9-7-18(5)8-10-19;1-3-16-18-9-8-15-12-21-22-20(17(15)10-11-19(16)18)14-6-4-13(2)5-7-14/h7-10,15-17,20-24H,11-14H2,1-6H3;4-7,12,16,18-19H,3,8-11H2,1-2H3/t;16?,18-,19+/m.1/s1. The third kappa shape index (κ3) is 8.31. The molecule has 5 aliphatic rings. The molecule has 2 heterocycles. The molecule has 3 saturated carbocycles. The van der Waals surface area contributed by atoms with Gasteiger partial charge >= 0.3 is 8.80 Å². The molecular formula is C45H62N4O3Si. The Morgan fingerprint density at radius 1 is 0.811 bits per heavy atom. The summed E-state index contributed by atoms with van der Waals surface area (Å²) in [4.78, 5) is 0. The minimum atomic E-state index is -2.66. The lowest BCUT2D eigenvalue weighted by atomic mass is 9.70. The highest BCUT2D eigenvalue weighted by Gasteiger charge is 2.55. The first kappa shape index (κ1) is 38.2. The fraction of sp³-hybridized carbons (Fsp3) is 0.600. The van der Waals surface area contributed by atoms with E-state index in [9.17, 15) is 0 Å². The maximum Gasteiger partial charge on any atom is 0.501 e. The highest BCUT2D eigenvalue weighted by atomic mass is 28.4. The van der Waals surface area contributed by atoms with Crippen LogP contribution in [0.25, 0.3) is 11.3 Å². The van der Waals surface area contributed by atoms with Crippen molar-refractivity contribution in [1.29, 1.82) is 0 Å². The quantitative estimate of drug-likeness (QED) is 0.183. The van der Waals surface area contributed by atoms with Crippen molar-refractivity contribution < 1.29 is 13.3 Å². The van der Waals surface area contributed by atoms with Crippen LogP contribution in [0.3, 0.4) is 0 Å². The zero-order valence-electron chi connectivity index (χ0n) is 33.4. The van der Waals surface area contributed by atoms with Crippen LogP contribution >= 0.6 is 0 Å². The molecule has 8 heteroatoms. The molecule has 8 rings (SSSR count). The molecule has 4 aliphatic carbocycles. The third-order valence-electron chi connectivity index (χ3n) is 13.1. The van der Waals surface area contributed by atoms with Gasteiger partial charge in [-0.1, -0.05) is 73.0 Å². The number of rotatable bonds is 11. The average molecular weight is 735 g/mol. The van der Waals surface area contributed by atoms with Gasteiger partial charge in [0.1, 0.15) is 0 Å². The van der Waals surface area contributed by atoms with Crippen molar-refractivity contribution in [2.24, 2.45) is 57.5 Å². The Labute approximate surface area is 319 Å². The van der Waals surface area contributed by atoms with Crippen molar-refractivity contribution in [3.63, 3.8) is 0 Å². The van der Waals surface area contributed by atoms with E-state index in [-0.39, 0.29) is 12.2 Å². The number of hydrogen-bond acceptors (Lipinski definition) is 7. The fourth-order valence-electron chi connectivity index (χ4n) is 10.6. The van der Waals surface area contributed by atoms with Crippen LogP contribution in [0.1, 0.15) is 101 Å². The second-order valence-corrected chi connectivity index (χ2v) is 19.9. The molecular weight excluding hydrogens is 673 g/mol. The summed E-state index contributed by atoms with van der Waals surface area (Å²) in [7, 11) is -0.907. The average Bonchev–Trinajstić information content (AvgIpc) is 3.42. The number of aromatic nitrogens is 2. The molecule has 8 atom stereocenters. The van der Waals surface area contributed by atoms with Gasteiger partial charge in [-0.05, 0) is 139 Å². The molecule has 1 aliphatic heterocycles. The van der Waals surface area contributed by atoms with Crippen LogP contribution in [-0.2, 0) is 26.1 Å². The van der Waals surface area contributed by atoms with Gasteiger partial charge in [-0.15, -0.1) is 0 Å². The summed E-state index contributed by atoms with van der Waals surface area (Å²) < 4.78 is 18.5. The van der Waals surface area contributed by atoms with Crippen LogP contribution < -0.4 is 0 Å². The molecule has 0 amide bonds. The van der Waals surface area contributed by atoms with Gasteiger partial charge in [0.05, 0.1) is 17.6 Å². The number of fused-ring (bicyclic) bond motifs is 7. The van der Waals surface area contributed by atoms with Crippen LogP contribution in [0.5, 0.6) is 0 Å². The van der Waals surface area contributed by atoms with E-state index in [0.717, 1.165) is 35.9 Å². The highest BCUT2D eigenvalue weighted by molar-refractivity contribution is 6.60. The predicted molar refractivity (Wildman–Crippen MR) is 217 cm³/mol. The zero-order valence-corrected chi connectivity index (χ0v) is 34.4. The summed E-state index contributed by atoms with van der Waals surface area (Å²) in [6.07, 6.45) is 14.4. The second-order valence-electron chi connectivity index (χ2n) is 17.2. The minimum absolute atomic E-state index is 0.105. The van der Waals surface area contributed by atoms with Gasteiger partial charge in [-0.2, -0.15) is 20.4 Å². The summed E-state index contributed by atoms with van der Waals surface area (Å²) in [6.45, 7) is 14.9. The Morgan fingerprint density at radius 2 is 1.45 bits per heavy atom. The monoisotopic (exact) mass is 734 g/mol. The van der Waals surface area contributed by atoms with Gasteiger partial charge in [-0.3, -0.25) is 0 Å². The van der Waals surface area contributed by atoms with Crippen LogP contribution in [0, 0.1) is 61.2 Å². The molecule has 0 N–H and O–H groups in total. The largest absolute Gasteiger partial charge is 0.501 e. The first-order valence-corrected chi connectivity index (χ1v) is 22.5. The van der Waals surface area contributed by atoms with E-state index in [0.29, 0.717) is 29.6 Å². The van der Waals surface area contributed by atoms with E-state index < -0.39 is 8.80 Å².